The molecular formula is C11H16N4O. The molecule has 0 radical (unpaired) electrons. The Morgan fingerprint density at radius 3 is 2.50 bits per heavy atom. The van der Waals surface area contributed by atoms with Crippen LogP contribution in [0.25, 0.3) is 0 Å². The van der Waals surface area contributed by atoms with Gasteiger partial charge < -0.3 is 16.4 Å². The lowest BCUT2D eigenvalue weighted by atomic mass is 10.1. The van der Waals surface area contributed by atoms with Crippen LogP contribution in [0.1, 0.15) is 11.1 Å². The van der Waals surface area contributed by atoms with Crippen molar-refractivity contribution in [3.8, 4) is 0 Å². The number of hydrogen-bond acceptors (Lipinski definition) is 3. The van der Waals surface area contributed by atoms with E-state index in [1.165, 1.54) is 0 Å². The van der Waals surface area contributed by atoms with E-state index < -0.39 is 0 Å². The van der Waals surface area contributed by atoms with Gasteiger partial charge in [-0.1, -0.05) is 24.3 Å². The van der Waals surface area contributed by atoms with E-state index in [1.54, 1.807) is 19.2 Å². The molecule has 0 atom stereocenters. The molecule has 0 fully saturated rings. The summed E-state index contributed by atoms with van der Waals surface area (Å²) >= 11 is 0. The molecule has 0 saturated heterocycles. The first-order valence-corrected chi connectivity index (χ1v) is 4.98. The summed E-state index contributed by atoms with van der Waals surface area (Å²) < 4.78 is 0. The smallest absolute Gasteiger partial charge is 0.234 e. The average Bonchev–Trinajstić information content (AvgIpc) is 2.27. The molecule has 0 unspecified atom stereocenters. The molecule has 5 N–H and O–H groups in total. The lowest BCUT2D eigenvalue weighted by Crippen LogP contribution is -2.31. The number of carbonyl (C=O) groups is 1. The van der Waals surface area contributed by atoms with Crippen molar-refractivity contribution in [2.24, 2.45) is 5.73 Å². The van der Waals surface area contributed by atoms with Crippen molar-refractivity contribution >= 4 is 11.7 Å². The zero-order chi connectivity index (χ0) is 12.0. The fourth-order valence-electron chi connectivity index (χ4n) is 1.23. The summed E-state index contributed by atoms with van der Waals surface area (Å²) in [5.41, 5.74) is 7.00. The van der Waals surface area contributed by atoms with E-state index in [-0.39, 0.29) is 11.7 Å². The van der Waals surface area contributed by atoms with Gasteiger partial charge in [-0.3, -0.25) is 10.2 Å². The normalized spacial score (nSPS) is 9.81. The SMILES string of the molecule is CNCC(=O)NCc1ccc(C(=N)N)cc1. The van der Waals surface area contributed by atoms with Gasteiger partial charge in [0.1, 0.15) is 5.84 Å². The monoisotopic (exact) mass is 220 g/mol. The van der Waals surface area contributed by atoms with Gasteiger partial charge in [0.15, 0.2) is 0 Å². The molecule has 5 heteroatoms. The Morgan fingerprint density at radius 2 is 2.00 bits per heavy atom. The summed E-state index contributed by atoms with van der Waals surface area (Å²) in [6.45, 7) is 0.796. The van der Waals surface area contributed by atoms with Gasteiger partial charge in [0.05, 0.1) is 6.54 Å². The Balaban J connectivity index is 2.49. The van der Waals surface area contributed by atoms with Crippen LogP contribution in [0.15, 0.2) is 24.3 Å². The number of likely N-dealkylation sites (N-methyl/N-ethyl adjacent to an activating group) is 1. The number of nitrogens with one attached hydrogen (secondary N) is 3. The summed E-state index contributed by atoms with van der Waals surface area (Å²) in [7, 11) is 1.72. The van der Waals surface area contributed by atoms with Crippen LogP contribution in [-0.2, 0) is 11.3 Å². The molecule has 1 amide bonds. The predicted octanol–water partition coefficient (Wildman–Crippen LogP) is -0.194. The van der Waals surface area contributed by atoms with Gasteiger partial charge in [0.25, 0.3) is 0 Å². The molecule has 1 rings (SSSR count). The first-order chi connectivity index (χ1) is 7.63. The molecular weight excluding hydrogens is 204 g/mol. The van der Waals surface area contributed by atoms with E-state index in [0.29, 0.717) is 18.7 Å². The molecule has 0 aliphatic heterocycles. The number of nitrogens with two attached hydrogens (primary N) is 1. The number of rotatable bonds is 5. The van der Waals surface area contributed by atoms with E-state index in [4.69, 9.17) is 11.1 Å². The molecule has 0 saturated carbocycles. The summed E-state index contributed by atoms with van der Waals surface area (Å²) in [6, 6.07) is 7.22. The molecule has 5 nitrogen and oxygen atoms in total. The van der Waals surface area contributed by atoms with Gasteiger partial charge in [-0.2, -0.15) is 0 Å². The highest BCUT2D eigenvalue weighted by Crippen LogP contribution is 2.03. The minimum atomic E-state index is -0.0434. The van der Waals surface area contributed by atoms with Crippen LogP contribution >= 0.6 is 0 Å². The maximum atomic E-state index is 11.2. The maximum absolute atomic E-state index is 11.2. The van der Waals surface area contributed by atoms with Crippen molar-refractivity contribution in [1.82, 2.24) is 10.6 Å². The first kappa shape index (κ1) is 12.2. The maximum Gasteiger partial charge on any atom is 0.234 e. The number of amidine groups is 1. The molecule has 16 heavy (non-hydrogen) atoms. The number of amides is 1. The fraction of sp³-hybridized carbons (Fsp3) is 0.273. The largest absolute Gasteiger partial charge is 0.384 e. The Kier molecular flexibility index (Phi) is 4.47. The van der Waals surface area contributed by atoms with E-state index in [1.807, 2.05) is 12.1 Å². The quantitative estimate of drug-likeness (QED) is 0.409. The van der Waals surface area contributed by atoms with Crippen LogP contribution in [0.3, 0.4) is 0 Å². The Labute approximate surface area is 94.5 Å². The van der Waals surface area contributed by atoms with Gasteiger partial charge in [0.2, 0.25) is 5.91 Å². The number of hydrogen-bond donors (Lipinski definition) is 4. The average molecular weight is 220 g/mol. The molecule has 0 bridgehead atoms. The van der Waals surface area contributed by atoms with Crippen LogP contribution in [0.4, 0.5) is 0 Å². The van der Waals surface area contributed by atoms with Gasteiger partial charge in [-0.25, -0.2) is 0 Å². The first-order valence-electron chi connectivity index (χ1n) is 4.98. The molecule has 0 aliphatic rings. The molecule has 0 spiro atoms. The van der Waals surface area contributed by atoms with E-state index >= 15 is 0 Å². The molecule has 1 aromatic rings. The highest BCUT2D eigenvalue weighted by Gasteiger charge is 2.00. The van der Waals surface area contributed by atoms with Gasteiger partial charge >= 0.3 is 0 Å². The van der Waals surface area contributed by atoms with Crippen molar-refractivity contribution in [3.05, 3.63) is 35.4 Å². The second-order valence-corrected chi connectivity index (χ2v) is 3.42. The van der Waals surface area contributed by atoms with Crippen molar-refractivity contribution in [3.63, 3.8) is 0 Å². The zero-order valence-corrected chi connectivity index (χ0v) is 9.21. The van der Waals surface area contributed by atoms with E-state index in [0.717, 1.165) is 5.56 Å². The predicted molar refractivity (Wildman–Crippen MR) is 63.2 cm³/mol. The summed E-state index contributed by atoms with van der Waals surface area (Å²) in [4.78, 5) is 11.2. The summed E-state index contributed by atoms with van der Waals surface area (Å²) in [5, 5.41) is 12.8. The second-order valence-electron chi connectivity index (χ2n) is 3.42. The topological polar surface area (TPSA) is 91.0 Å². The Hall–Kier alpha value is -1.88. The third-order valence-electron chi connectivity index (χ3n) is 2.09. The molecule has 0 aromatic heterocycles. The summed E-state index contributed by atoms with van der Waals surface area (Å²) in [6.07, 6.45) is 0. The van der Waals surface area contributed by atoms with Gasteiger partial charge in [0, 0.05) is 12.1 Å². The lowest BCUT2D eigenvalue weighted by Gasteiger charge is -2.05. The van der Waals surface area contributed by atoms with E-state index in [2.05, 4.69) is 10.6 Å². The third-order valence-corrected chi connectivity index (χ3v) is 2.09. The third kappa shape index (κ3) is 3.70. The van der Waals surface area contributed by atoms with Crippen molar-refractivity contribution in [2.75, 3.05) is 13.6 Å². The highest BCUT2D eigenvalue weighted by molar-refractivity contribution is 5.94. The van der Waals surface area contributed by atoms with Crippen LogP contribution < -0.4 is 16.4 Å². The lowest BCUT2D eigenvalue weighted by molar-refractivity contribution is -0.120. The van der Waals surface area contributed by atoms with E-state index in [9.17, 15) is 4.79 Å². The fourth-order valence-corrected chi connectivity index (χ4v) is 1.23. The Morgan fingerprint density at radius 1 is 1.38 bits per heavy atom. The van der Waals surface area contributed by atoms with Crippen molar-refractivity contribution in [2.45, 2.75) is 6.54 Å². The van der Waals surface area contributed by atoms with Crippen molar-refractivity contribution in [1.29, 1.82) is 5.41 Å². The molecule has 1 aromatic carbocycles. The van der Waals surface area contributed by atoms with Crippen LogP contribution in [0.2, 0.25) is 0 Å². The second kappa shape index (κ2) is 5.87. The zero-order valence-electron chi connectivity index (χ0n) is 9.21. The number of nitrogen functional groups attached to an aromatic ring is 1. The standard InChI is InChI=1S/C11H16N4O/c1-14-7-10(16)15-6-8-2-4-9(5-3-8)11(12)13/h2-5,14H,6-7H2,1H3,(H3,12,13)(H,15,16). The van der Waals surface area contributed by atoms with Gasteiger partial charge in [-0.15, -0.1) is 0 Å². The number of benzene rings is 1. The minimum Gasteiger partial charge on any atom is -0.384 e. The summed E-state index contributed by atoms with van der Waals surface area (Å²) in [5.74, 6) is 0.00362. The highest BCUT2D eigenvalue weighted by atomic mass is 16.1. The number of carbonyl (C=O) groups excluding carboxylic acids is 1. The Bertz CT molecular complexity index is 372. The van der Waals surface area contributed by atoms with Crippen molar-refractivity contribution < 1.29 is 4.79 Å². The molecule has 0 aliphatic carbocycles. The van der Waals surface area contributed by atoms with Crippen LogP contribution in [-0.4, -0.2) is 25.3 Å². The molecule has 0 heterocycles. The molecule has 86 valence electrons. The van der Waals surface area contributed by atoms with Crippen LogP contribution in [0.5, 0.6) is 0 Å². The van der Waals surface area contributed by atoms with Gasteiger partial charge in [-0.05, 0) is 12.6 Å². The van der Waals surface area contributed by atoms with Crippen LogP contribution in [0, 0.1) is 5.41 Å². The minimum absolute atomic E-state index is 0.0434.